The number of ether oxygens (including phenoxy) is 1. The molecule has 5 nitrogen and oxygen atoms in total. The molecular weight excluding hydrogens is 372 g/mol. The highest BCUT2D eigenvalue weighted by atomic mass is 32.2. The average Bonchev–Trinajstić information content (AvgIpc) is 3.04. The lowest BCUT2D eigenvalue weighted by Crippen LogP contribution is -2.32. The van der Waals surface area contributed by atoms with E-state index in [0.717, 1.165) is 33.4 Å². The maximum atomic E-state index is 13.1. The van der Waals surface area contributed by atoms with E-state index in [1.807, 2.05) is 75.4 Å². The van der Waals surface area contributed by atoms with Gasteiger partial charge in [0.1, 0.15) is 11.5 Å². The van der Waals surface area contributed by atoms with E-state index in [-0.39, 0.29) is 5.91 Å². The summed E-state index contributed by atoms with van der Waals surface area (Å²) in [7, 11) is 0. The quantitative estimate of drug-likeness (QED) is 0.501. The Hall–Kier alpha value is -2.73. The van der Waals surface area contributed by atoms with Crippen molar-refractivity contribution in [1.82, 2.24) is 5.16 Å². The van der Waals surface area contributed by atoms with Crippen molar-refractivity contribution in [1.29, 1.82) is 0 Å². The molecule has 0 saturated carbocycles. The highest BCUT2D eigenvalue weighted by molar-refractivity contribution is 8.00. The monoisotopic (exact) mass is 396 g/mol. The number of para-hydroxylation sites is 1. The summed E-state index contributed by atoms with van der Waals surface area (Å²) in [6.45, 7) is 6.80. The van der Waals surface area contributed by atoms with Crippen molar-refractivity contribution >= 4 is 23.4 Å². The van der Waals surface area contributed by atoms with Gasteiger partial charge in [0.25, 0.3) is 0 Å². The molecule has 0 aliphatic carbocycles. The van der Waals surface area contributed by atoms with Gasteiger partial charge in [-0.05, 0) is 57.2 Å². The Morgan fingerprint density at radius 2 is 1.82 bits per heavy atom. The second kappa shape index (κ2) is 9.46. The lowest BCUT2D eigenvalue weighted by Gasteiger charge is -2.23. The van der Waals surface area contributed by atoms with Crippen molar-refractivity contribution in [2.75, 3.05) is 17.3 Å². The van der Waals surface area contributed by atoms with E-state index in [4.69, 9.17) is 9.26 Å². The van der Waals surface area contributed by atoms with Gasteiger partial charge < -0.3 is 14.2 Å². The number of thioether (sulfide) groups is 1. The predicted octanol–water partition coefficient (Wildman–Crippen LogP) is 5.02. The highest BCUT2D eigenvalue weighted by Gasteiger charge is 2.20. The third kappa shape index (κ3) is 4.95. The summed E-state index contributed by atoms with van der Waals surface area (Å²) in [6.07, 6.45) is 0. The maximum Gasteiger partial charge on any atom is 0.237 e. The van der Waals surface area contributed by atoms with Crippen molar-refractivity contribution < 1.29 is 14.1 Å². The van der Waals surface area contributed by atoms with Crippen LogP contribution in [0, 0.1) is 13.8 Å². The number of anilines is 1. The third-order valence-corrected chi connectivity index (χ3v) is 5.36. The van der Waals surface area contributed by atoms with Crippen LogP contribution in [-0.4, -0.2) is 23.4 Å². The van der Waals surface area contributed by atoms with Crippen LogP contribution in [0.5, 0.6) is 5.75 Å². The first-order valence-corrected chi connectivity index (χ1v) is 10.2. The van der Waals surface area contributed by atoms with E-state index in [2.05, 4.69) is 5.16 Å². The van der Waals surface area contributed by atoms with E-state index < -0.39 is 0 Å². The van der Waals surface area contributed by atoms with Gasteiger partial charge in [-0.15, -0.1) is 11.8 Å². The molecule has 0 saturated heterocycles. The number of aromatic nitrogens is 1. The smallest absolute Gasteiger partial charge is 0.237 e. The summed E-state index contributed by atoms with van der Waals surface area (Å²) in [5.74, 6) is 1.95. The first-order chi connectivity index (χ1) is 13.6. The fourth-order valence-electron chi connectivity index (χ4n) is 2.84. The zero-order chi connectivity index (χ0) is 19.9. The molecule has 0 spiro atoms. The Morgan fingerprint density at radius 1 is 1.11 bits per heavy atom. The van der Waals surface area contributed by atoms with Crippen LogP contribution in [0.25, 0.3) is 0 Å². The Balaban J connectivity index is 1.73. The van der Waals surface area contributed by atoms with Crippen molar-refractivity contribution in [2.24, 2.45) is 0 Å². The molecule has 0 unspecified atom stereocenters. The average molecular weight is 397 g/mol. The molecular formula is C22H24N2O3S. The van der Waals surface area contributed by atoms with Gasteiger partial charge in [0.2, 0.25) is 5.91 Å². The minimum atomic E-state index is 0.0325. The number of rotatable bonds is 8. The minimum Gasteiger partial charge on any atom is -0.494 e. The Morgan fingerprint density at radius 3 is 2.43 bits per heavy atom. The standard InChI is InChI=1S/C22H24N2O3S/c1-4-26-19-10-12-20(13-11-19)28-15-22(25)24(18-8-6-5-7-9-18)14-21-16(2)23-27-17(21)3/h5-13H,4,14-15H2,1-3H3. The van der Waals surface area contributed by atoms with Crippen LogP contribution < -0.4 is 9.64 Å². The Kier molecular flexibility index (Phi) is 6.76. The molecule has 0 atom stereocenters. The van der Waals surface area contributed by atoms with Gasteiger partial charge in [-0.3, -0.25) is 4.79 Å². The maximum absolute atomic E-state index is 13.1. The van der Waals surface area contributed by atoms with Gasteiger partial charge in [0, 0.05) is 16.1 Å². The molecule has 0 fully saturated rings. The molecule has 0 bridgehead atoms. The second-order valence-electron chi connectivity index (χ2n) is 6.31. The summed E-state index contributed by atoms with van der Waals surface area (Å²) in [4.78, 5) is 15.9. The fourth-order valence-corrected chi connectivity index (χ4v) is 3.61. The van der Waals surface area contributed by atoms with Crippen LogP contribution in [0.4, 0.5) is 5.69 Å². The zero-order valence-corrected chi connectivity index (χ0v) is 17.2. The molecule has 6 heteroatoms. The van der Waals surface area contributed by atoms with Crippen LogP contribution in [0.2, 0.25) is 0 Å². The summed E-state index contributed by atoms with van der Waals surface area (Å²) < 4.78 is 10.7. The number of carbonyl (C=O) groups excluding carboxylic acids is 1. The van der Waals surface area contributed by atoms with E-state index >= 15 is 0 Å². The third-order valence-electron chi connectivity index (χ3n) is 4.36. The summed E-state index contributed by atoms with van der Waals surface area (Å²) in [6, 6.07) is 17.5. The van der Waals surface area contributed by atoms with E-state index in [1.54, 1.807) is 4.90 Å². The molecule has 28 heavy (non-hydrogen) atoms. The molecule has 146 valence electrons. The highest BCUT2D eigenvalue weighted by Crippen LogP contribution is 2.25. The van der Waals surface area contributed by atoms with Gasteiger partial charge >= 0.3 is 0 Å². The van der Waals surface area contributed by atoms with Crippen LogP contribution in [-0.2, 0) is 11.3 Å². The molecule has 2 aromatic carbocycles. The second-order valence-corrected chi connectivity index (χ2v) is 7.36. The van der Waals surface area contributed by atoms with Gasteiger partial charge in [0.15, 0.2) is 0 Å². The molecule has 0 aliphatic rings. The van der Waals surface area contributed by atoms with Crippen LogP contribution in [0.3, 0.4) is 0 Å². The van der Waals surface area contributed by atoms with E-state index in [9.17, 15) is 4.79 Å². The lowest BCUT2D eigenvalue weighted by atomic mass is 10.1. The van der Waals surface area contributed by atoms with Gasteiger partial charge in [-0.1, -0.05) is 23.4 Å². The molecule has 1 amide bonds. The normalized spacial score (nSPS) is 10.7. The topological polar surface area (TPSA) is 55.6 Å². The number of hydrogen-bond acceptors (Lipinski definition) is 5. The van der Waals surface area contributed by atoms with Gasteiger partial charge in [-0.2, -0.15) is 0 Å². The minimum absolute atomic E-state index is 0.0325. The molecule has 3 rings (SSSR count). The lowest BCUT2D eigenvalue weighted by molar-refractivity contribution is -0.116. The molecule has 3 aromatic rings. The first kappa shape index (κ1) is 20.0. The Bertz CT molecular complexity index is 888. The number of amides is 1. The summed E-state index contributed by atoms with van der Waals surface area (Å²) in [5.41, 5.74) is 2.62. The summed E-state index contributed by atoms with van der Waals surface area (Å²) >= 11 is 1.51. The molecule has 0 aliphatic heterocycles. The number of benzene rings is 2. The molecule has 1 aromatic heterocycles. The molecule has 0 radical (unpaired) electrons. The SMILES string of the molecule is CCOc1ccc(SCC(=O)N(Cc2c(C)noc2C)c2ccccc2)cc1. The van der Waals surface area contributed by atoms with E-state index in [1.165, 1.54) is 11.8 Å². The van der Waals surface area contributed by atoms with Crippen molar-refractivity contribution in [2.45, 2.75) is 32.2 Å². The largest absolute Gasteiger partial charge is 0.494 e. The van der Waals surface area contributed by atoms with Crippen LogP contribution in [0.1, 0.15) is 23.9 Å². The van der Waals surface area contributed by atoms with Crippen molar-refractivity contribution in [3.8, 4) is 5.75 Å². The number of aryl methyl sites for hydroxylation is 2. The number of carbonyl (C=O) groups is 1. The molecule has 1 heterocycles. The van der Waals surface area contributed by atoms with E-state index in [0.29, 0.717) is 18.9 Å². The zero-order valence-electron chi connectivity index (χ0n) is 16.3. The van der Waals surface area contributed by atoms with Crippen molar-refractivity contribution in [3.63, 3.8) is 0 Å². The fraction of sp³-hybridized carbons (Fsp3) is 0.273. The summed E-state index contributed by atoms with van der Waals surface area (Å²) in [5, 5.41) is 4.01. The number of nitrogens with zero attached hydrogens (tertiary/aromatic N) is 2. The van der Waals surface area contributed by atoms with Crippen LogP contribution >= 0.6 is 11.8 Å². The van der Waals surface area contributed by atoms with Crippen LogP contribution in [0.15, 0.2) is 64.0 Å². The first-order valence-electron chi connectivity index (χ1n) is 9.21. The molecule has 0 N–H and O–H groups in total. The van der Waals surface area contributed by atoms with Crippen molar-refractivity contribution in [3.05, 3.63) is 71.6 Å². The Labute approximate surface area is 169 Å². The number of hydrogen-bond donors (Lipinski definition) is 0. The van der Waals surface area contributed by atoms with Gasteiger partial charge in [-0.25, -0.2) is 0 Å². The van der Waals surface area contributed by atoms with Gasteiger partial charge in [0.05, 0.1) is 24.6 Å². The predicted molar refractivity (Wildman–Crippen MR) is 112 cm³/mol.